The molecule has 1 aliphatic rings. The van der Waals surface area contributed by atoms with Gasteiger partial charge in [0.15, 0.2) is 17.5 Å². The zero-order chi connectivity index (χ0) is 23.5. The number of hydrogen-bond acceptors (Lipinski definition) is 4. The van der Waals surface area contributed by atoms with Crippen LogP contribution < -0.4 is 10.6 Å². The summed E-state index contributed by atoms with van der Waals surface area (Å²) >= 11 is 0. The van der Waals surface area contributed by atoms with Gasteiger partial charge in [-0.1, -0.05) is 12.5 Å². The van der Waals surface area contributed by atoms with Crippen LogP contribution in [0.5, 0.6) is 0 Å². The standard InChI is InChI=1S/C21H22F3N3O4S/c1-13-5-6-14(32(30,31)27-9-3-2-4-10-27)11-15(13)21(29)25-12-18(28)26-17-8-7-16(22)19(23)20(17)24/h5-8,11H,2-4,9-10,12H2,1H3,(H,25,29)(H,26,28). The van der Waals surface area contributed by atoms with E-state index in [1.807, 2.05) is 5.32 Å². The number of aryl methyl sites for hydroxylation is 1. The molecule has 3 rings (SSSR count). The number of carbonyl (C=O) groups is 2. The SMILES string of the molecule is Cc1ccc(S(=O)(=O)N2CCCCC2)cc1C(=O)NCC(=O)Nc1ccc(F)c(F)c1F. The second kappa shape index (κ2) is 9.70. The van der Waals surface area contributed by atoms with Crippen LogP contribution in [0.4, 0.5) is 18.9 Å². The third-order valence-electron chi connectivity index (χ3n) is 5.13. The smallest absolute Gasteiger partial charge is 0.252 e. The molecule has 32 heavy (non-hydrogen) atoms. The van der Waals surface area contributed by atoms with Gasteiger partial charge in [0.05, 0.1) is 17.1 Å². The van der Waals surface area contributed by atoms with Gasteiger partial charge in [-0.25, -0.2) is 21.6 Å². The first-order valence-electron chi connectivity index (χ1n) is 9.93. The molecule has 2 aromatic rings. The predicted octanol–water partition coefficient (Wildman–Crippen LogP) is 2.96. The zero-order valence-corrected chi connectivity index (χ0v) is 18.1. The highest BCUT2D eigenvalue weighted by molar-refractivity contribution is 7.89. The van der Waals surface area contributed by atoms with Gasteiger partial charge in [-0.05, 0) is 49.6 Å². The molecule has 1 heterocycles. The second-order valence-electron chi connectivity index (χ2n) is 7.40. The molecule has 2 amide bonds. The second-order valence-corrected chi connectivity index (χ2v) is 9.33. The molecule has 0 atom stereocenters. The minimum absolute atomic E-state index is 0.0246. The van der Waals surface area contributed by atoms with Crippen molar-refractivity contribution in [1.82, 2.24) is 9.62 Å². The van der Waals surface area contributed by atoms with E-state index in [0.717, 1.165) is 25.3 Å². The van der Waals surface area contributed by atoms with Crippen LogP contribution in [-0.2, 0) is 14.8 Å². The maximum atomic E-state index is 13.7. The normalized spacial score (nSPS) is 14.8. The molecule has 11 heteroatoms. The Morgan fingerprint density at radius 2 is 1.69 bits per heavy atom. The van der Waals surface area contributed by atoms with E-state index < -0.39 is 51.5 Å². The minimum atomic E-state index is -3.75. The summed E-state index contributed by atoms with van der Waals surface area (Å²) in [4.78, 5) is 24.5. The van der Waals surface area contributed by atoms with E-state index in [9.17, 15) is 31.2 Å². The predicted molar refractivity (Wildman–Crippen MR) is 111 cm³/mol. The van der Waals surface area contributed by atoms with Crippen molar-refractivity contribution < 1.29 is 31.2 Å². The molecule has 0 aliphatic carbocycles. The van der Waals surface area contributed by atoms with Crippen molar-refractivity contribution in [3.05, 3.63) is 58.9 Å². The first-order valence-corrected chi connectivity index (χ1v) is 11.4. The Balaban J connectivity index is 1.69. The molecule has 2 N–H and O–H groups in total. The number of nitrogens with one attached hydrogen (secondary N) is 2. The number of anilines is 1. The Labute approximate surface area is 183 Å². The summed E-state index contributed by atoms with van der Waals surface area (Å²) in [5.41, 5.74) is -0.0176. The lowest BCUT2D eigenvalue weighted by molar-refractivity contribution is -0.115. The summed E-state index contributed by atoms with van der Waals surface area (Å²) in [7, 11) is -3.75. The van der Waals surface area contributed by atoms with Gasteiger partial charge in [0, 0.05) is 18.7 Å². The van der Waals surface area contributed by atoms with Gasteiger partial charge < -0.3 is 10.6 Å². The van der Waals surface area contributed by atoms with E-state index in [4.69, 9.17) is 0 Å². The third-order valence-corrected chi connectivity index (χ3v) is 7.02. The van der Waals surface area contributed by atoms with Crippen LogP contribution in [0.1, 0.15) is 35.2 Å². The average Bonchev–Trinajstić information content (AvgIpc) is 2.78. The fraction of sp³-hybridized carbons (Fsp3) is 0.333. The molecule has 1 aliphatic heterocycles. The van der Waals surface area contributed by atoms with Gasteiger partial charge in [-0.3, -0.25) is 9.59 Å². The summed E-state index contributed by atoms with van der Waals surface area (Å²) in [5.74, 6) is -6.27. The van der Waals surface area contributed by atoms with E-state index in [1.54, 1.807) is 6.92 Å². The monoisotopic (exact) mass is 469 g/mol. The van der Waals surface area contributed by atoms with Crippen molar-refractivity contribution in [2.75, 3.05) is 25.0 Å². The van der Waals surface area contributed by atoms with E-state index in [1.165, 1.54) is 22.5 Å². The van der Waals surface area contributed by atoms with Crippen molar-refractivity contribution in [1.29, 1.82) is 0 Å². The first-order chi connectivity index (χ1) is 15.1. The Morgan fingerprint density at radius 1 is 1.00 bits per heavy atom. The van der Waals surface area contributed by atoms with Crippen molar-refractivity contribution >= 4 is 27.5 Å². The number of halogens is 3. The molecular formula is C21H22F3N3O4S. The van der Waals surface area contributed by atoms with Crippen LogP contribution in [0.25, 0.3) is 0 Å². The lowest BCUT2D eigenvalue weighted by Gasteiger charge is -2.26. The quantitative estimate of drug-likeness (QED) is 0.636. The molecule has 0 radical (unpaired) electrons. The number of carbonyl (C=O) groups excluding carboxylic acids is 2. The van der Waals surface area contributed by atoms with Gasteiger partial charge in [-0.2, -0.15) is 4.31 Å². The largest absolute Gasteiger partial charge is 0.343 e. The number of benzene rings is 2. The van der Waals surface area contributed by atoms with E-state index >= 15 is 0 Å². The summed E-state index contributed by atoms with van der Waals surface area (Å²) in [5, 5.41) is 4.35. The molecule has 0 bridgehead atoms. The maximum Gasteiger partial charge on any atom is 0.252 e. The van der Waals surface area contributed by atoms with Gasteiger partial charge in [-0.15, -0.1) is 0 Å². The highest BCUT2D eigenvalue weighted by atomic mass is 32.2. The van der Waals surface area contributed by atoms with Crippen molar-refractivity contribution in [2.45, 2.75) is 31.1 Å². The number of rotatable bonds is 6. The van der Waals surface area contributed by atoms with Crippen molar-refractivity contribution in [3.8, 4) is 0 Å². The molecule has 2 aromatic carbocycles. The molecular weight excluding hydrogens is 447 g/mol. The van der Waals surface area contributed by atoms with Gasteiger partial charge >= 0.3 is 0 Å². The highest BCUT2D eigenvalue weighted by Gasteiger charge is 2.27. The van der Waals surface area contributed by atoms with E-state index in [0.29, 0.717) is 24.7 Å². The molecule has 0 spiro atoms. The van der Waals surface area contributed by atoms with Crippen molar-refractivity contribution in [3.63, 3.8) is 0 Å². The Hall–Kier alpha value is -2.92. The van der Waals surface area contributed by atoms with Crippen LogP contribution in [0, 0.1) is 24.4 Å². The third kappa shape index (κ3) is 5.10. The lowest BCUT2D eigenvalue weighted by atomic mass is 10.1. The van der Waals surface area contributed by atoms with Gasteiger partial charge in [0.25, 0.3) is 5.91 Å². The van der Waals surface area contributed by atoms with Gasteiger partial charge in [0.1, 0.15) is 0 Å². The van der Waals surface area contributed by atoms with Crippen LogP contribution in [-0.4, -0.2) is 44.2 Å². The molecule has 0 saturated carbocycles. The molecule has 172 valence electrons. The van der Waals surface area contributed by atoms with Crippen molar-refractivity contribution in [2.24, 2.45) is 0 Å². The Bertz CT molecular complexity index is 1150. The Morgan fingerprint density at radius 3 is 2.38 bits per heavy atom. The van der Waals surface area contributed by atoms with Gasteiger partial charge in [0.2, 0.25) is 15.9 Å². The number of hydrogen-bond donors (Lipinski definition) is 2. The first kappa shape index (κ1) is 23.7. The fourth-order valence-electron chi connectivity index (χ4n) is 3.33. The number of sulfonamides is 1. The molecule has 0 aromatic heterocycles. The van der Waals surface area contributed by atoms with Crippen LogP contribution in [0.15, 0.2) is 35.2 Å². The molecule has 0 unspecified atom stereocenters. The fourth-order valence-corrected chi connectivity index (χ4v) is 4.88. The summed E-state index contributed by atoms with van der Waals surface area (Å²) in [6, 6.07) is 5.69. The number of piperidine rings is 1. The zero-order valence-electron chi connectivity index (χ0n) is 17.3. The van der Waals surface area contributed by atoms with Crippen LogP contribution in [0.2, 0.25) is 0 Å². The van der Waals surface area contributed by atoms with Crippen LogP contribution in [0.3, 0.4) is 0 Å². The number of amides is 2. The van der Waals surface area contributed by atoms with E-state index in [-0.39, 0.29) is 10.5 Å². The molecule has 1 saturated heterocycles. The average molecular weight is 469 g/mol. The topological polar surface area (TPSA) is 95.6 Å². The minimum Gasteiger partial charge on any atom is -0.343 e. The van der Waals surface area contributed by atoms with Crippen LogP contribution >= 0.6 is 0 Å². The highest BCUT2D eigenvalue weighted by Crippen LogP contribution is 2.23. The number of nitrogens with zero attached hydrogens (tertiary/aromatic N) is 1. The summed E-state index contributed by atoms with van der Waals surface area (Å²) < 4.78 is 67.0. The summed E-state index contributed by atoms with van der Waals surface area (Å²) in [6.07, 6.45) is 2.50. The summed E-state index contributed by atoms with van der Waals surface area (Å²) in [6.45, 7) is 1.85. The maximum absolute atomic E-state index is 13.7. The van der Waals surface area contributed by atoms with E-state index in [2.05, 4.69) is 5.32 Å². The lowest BCUT2D eigenvalue weighted by Crippen LogP contribution is -2.36. The Kier molecular flexibility index (Phi) is 7.19. The molecule has 7 nitrogen and oxygen atoms in total. The molecule has 1 fully saturated rings.